The zero-order valence-corrected chi connectivity index (χ0v) is 9.69. The van der Waals surface area contributed by atoms with Crippen molar-refractivity contribution in [1.82, 2.24) is 0 Å². The van der Waals surface area contributed by atoms with E-state index in [4.69, 9.17) is 14.2 Å². The van der Waals surface area contributed by atoms with Crippen LogP contribution in [0.1, 0.15) is 39.5 Å². The summed E-state index contributed by atoms with van der Waals surface area (Å²) in [7, 11) is 1.63. The minimum Gasteiger partial charge on any atom is -0.460 e. The van der Waals surface area contributed by atoms with Gasteiger partial charge in [0.2, 0.25) is 0 Å². The van der Waals surface area contributed by atoms with Crippen molar-refractivity contribution >= 4 is 5.97 Å². The molecule has 0 spiro atoms. The van der Waals surface area contributed by atoms with Crippen molar-refractivity contribution in [1.29, 1.82) is 0 Å². The summed E-state index contributed by atoms with van der Waals surface area (Å²) in [6.07, 6.45) is 2.56. The predicted octanol–water partition coefficient (Wildman–Crippen LogP) is 1.87. The molecule has 88 valence electrons. The van der Waals surface area contributed by atoms with Crippen LogP contribution in [0.4, 0.5) is 0 Å². The van der Waals surface area contributed by atoms with Gasteiger partial charge in [-0.1, -0.05) is 6.92 Å². The lowest BCUT2D eigenvalue weighted by Gasteiger charge is -2.33. The Labute approximate surface area is 90.9 Å². The number of methoxy groups -OCH3 is 1. The molecule has 15 heavy (non-hydrogen) atoms. The molecule has 0 saturated carbocycles. The van der Waals surface area contributed by atoms with E-state index in [9.17, 15) is 4.79 Å². The maximum absolute atomic E-state index is 11.3. The van der Waals surface area contributed by atoms with Crippen molar-refractivity contribution in [2.24, 2.45) is 0 Å². The molecule has 0 aromatic heterocycles. The van der Waals surface area contributed by atoms with Gasteiger partial charge in [0.1, 0.15) is 6.10 Å². The second-order valence-corrected chi connectivity index (χ2v) is 3.86. The van der Waals surface area contributed by atoms with Crippen LogP contribution in [0.15, 0.2) is 0 Å². The van der Waals surface area contributed by atoms with Crippen LogP contribution in [0.25, 0.3) is 0 Å². The van der Waals surface area contributed by atoms with Crippen molar-refractivity contribution in [2.45, 2.75) is 58.0 Å². The highest BCUT2D eigenvalue weighted by molar-refractivity contribution is 5.69. The summed E-state index contributed by atoms with van der Waals surface area (Å²) >= 11 is 0. The van der Waals surface area contributed by atoms with Gasteiger partial charge in [-0.05, 0) is 19.8 Å². The third kappa shape index (κ3) is 3.80. The normalized spacial score (nSPS) is 31.3. The van der Waals surface area contributed by atoms with E-state index in [0.29, 0.717) is 6.42 Å². The van der Waals surface area contributed by atoms with E-state index in [1.807, 2.05) is 13.8 Å². The highest BCUT2D eigenvalue weighted by Crippen LogP contribution is 2.22. The van der Waals surface area contributed by atoms with Gasteiger partial charge in [0.05, 0.1) is 6.10 Å². The minimum absolute atomic E-state index is 0.0792. The number of carbonyl (C=O) groups excluding carboxylic acids is 1. The molecule has 0 aliphatic carbocycles. The largest absolute Gasteiger partial charge is 0.460 e. The number of ether oxygens (including phenoxy) is 3. The molecule has 1 aliphatic heterocycles. The molecule has 4 nitrogen and oxygen atoms in total. The highest BCUT2D eigenvalue weighted by Gasteiger charge is 2.30. The van der Waals surface area contributed by atoms with Crippen LogP contribution in [-0.4, -0.2) is 31.6 Å². The maximum Gasteiger partial charge on any atom is 0.306 e. The van der Waals surface area contributed by atoms with Crippen molar-refractivity contribution in [3.05, 3.63) is 0 Å². The van der Waals surface area contributed by atoms with Gasteiger partial charge in [-0.3, -0.25) is 4.79 Å². The van der Waals surface area contributed by atoms with Gasteiger partial charge < -0.3 is 14.2 Å². The summed E-state index contributed by atoms with van der Waals surface area (Å²) in [5.41, 5.74) is 0. The topological polar surface area (TPSA) is 44.8 Å². The first kappa shape index (κ1) is 12.5. The Morgan fingerprint density at radius 1 is 1.47 bits per heavy atom. The lowest BCUT2D eigenvalue weighted by Crippen LogP contribution is -2.40. The molecule has 3 atom stereocenters. The fraction of sp³-hybridized carbons (Fsp3) is 0.909. The van der Waals surface area contributed by atoms with Gasteiger partial charge in [-0.2, -0.15) is 0 Å². The van der Waals surface area contributed by atoms with Crippen LogP contribution in [0.5, 0.6) is 0 Å². The van der Waals surface area contributed by atoms with Crippen LogP contribution in [0, 0.1) is 0 Å². The molecule has 1 fully saturated rings. The first-order valence-corrected chi connectivity index (χ1v) is 5.55. The molecular formula is C11H20O4. The Morgan fingerprint density at radius 2 is 2.20 bits per heavy atom. The third-order valence-corrected chi connectivity index (χ3v) is 2.58. The fourth-order valence-electron chi connectivity index (χ4n) is 1.69. The first-order chi connectivity index (χ1) is 7.17. The second-order valence-electron chi connectivity index (χ2n) is 3.86. The van der Waals surface area contributed by atoms with E-state index >= 15 is 0 Å². The lowest BCUT2D eigenvalue weighted by atomic mass is 10.1. The van der Waals surface area contributed by atoms with Gasteiger partial charge >= 0.3 is 5.97 Å². The van der Waals surface area contributed by atoms with Crippen LogP contribution in [0.3, 0.4) is 0 Å². The summed E-state index contributed by atoms with van der Waals surface area (Å²) in [4.78, 5) is 11.3. The van der Waals surface area contributed by atoms with E-state index in [-0.39, 0.29) is 24.5 Å². The SMILES string of the molecule is CCCC(=O)OC1CCC(OC)O[C@H]1C. The van der Waals surface area contributed by atoms with E-state index < -0.39 is 0 Å². The predicted molar refractivity (Wildman–Crippen MR) is 55.4 cm³/mol. The molecule has 1 saturated heterocycles. The monoisotopic (exact) mass is 216 g/mol. The maximum atomic E-state index is 11.3. The van der Waals surface area contributed by atoms with Crippen LogP contribution in [-0.2, 0) is 19.0 Å². The Bertz CT molecular complexity index is 205. The van der Waals surface area contributed by atoms with E-state index in [2.05, 4.69) is 0 Å². The van der Waals surface area contributed by atoms with Crippen LogP contribution >= 0.6 is 0 Å². The van der Waals surface area contributed by atoms with E-state index in [1.54, 1.807) is 7.11 Å². The Balaban J connectivity index is 2.34. The fourth-order valence-corrected chi connectivity index (χ4v) is 1.69. The highest BCUT2D eigenvalue weighted by atomic mass is 16.7. The molecule has 0 amide bonds. The molecule has 1 rings (SSSR count). The molecule has 0 N–H and O–H groups in total. The van der Waals surface area contributed by atoms with E-state index in [1.165, 1.54) is 0 Å². The molecule has 0 aromatic rings. The number of rotatable bonds is 4. The first-order valence-electron chi connectivity index (χ1n) is 5.55. The zero-order valence-electron chi connectivity index (χ0n) is 9.69. The lowest BCUT2D eigenvalue weighted by molar-refractivity contribution is -0.216. The summed E-state index contributed by atoms with van der Waals surface area (Å²) < 4.78 is 15.9. The standard InChI is InChI=1S/C11H20O4/c1-4-5-10(12)15-9-6-7-11(13-3)14-8(9)2/h8-9,11H,4-7H2,1-3H3/t8-,9?,11?/m0/s1. The third-order valence-electron chi connectivity index (χ3n) is 2.58. The van der Waals surface area contributed by atoms with Crippen molar-refractivity contribution in [2.75, 3.05) is 7.11 Å². The van der Waals surface area contributed by atoms with Crippen LogP contribution in [0.2, 0.25) is 0 Å². The summed E-state index contributed by atoms with van der Waals surface area (Å²) in [6, 6.07) is 0. The smallest absolute Gasteiger partial charge is 0.306 e. The molecule has 1 heterocycles. The molecule has 4 heteroatoms. The van der Waals surface area contributed by atoms with Crippen LogP contribution < -0.4 is 0 Å². The Kier molecular flexibility index (Phi) is 5.05. The quantitative estimate of drug-likeness (QED) is 0.673. The zero-order chi connectivity index (χ0) is 11.3. The van der Waals surface area contributed by atoms with Gasteiger partial charge in [-0.15, -0.1) is 0 Å². The molecule has 0 radical (unpaired) electrons. The van der Waals surface area contributed by atoms with Crippen molar-refractivity contribution < 1.29 is 19.0 Å². The summed E-state index contributed by atoms with van der Waals surface area (Å²) in [6.45, 7) is 3.87. The molecule has 0 bridgehead atoms. The average Bonchev–Trinajstić information content (AvgIpc) is 2.21. The van der Waals surface area contributed by atoms with Gasteiger partial charge in [0, 0.05) is 20.0 Å². The van der Waals surface area contributed by atoms with Crippen molar-refractivity contribution in [3.63, 3.8) is 0 Å². The summed E-state index contributed by atoms with van der Waals surface area (Å²) in [5, 5.41) is 0. The molecular weight excluding hydrogens is 196 g/mol. The number of esters is 1. The minimum atomic E-state index is -0.152. The van der Waals surface area contributed by atoms with Gasteiger partial charge in [-0.25, -0.2) is 0 Å². The Morgan fingerprint density at radius 3 is 2.73 bits per heavy atom. The number of carbonyl (C=O) groups is 1. The number of hydrogen-bond donors (Lipinski definition) is 0. The molecule has 1 aliphatic rings. The van der Waals surface area contributed by atoms with E-state index in [0.717, 1.165) is 19.3 Å². The average molecular weight is 216 g/mol. The summed E-state index contributed by atoms with van der Waals surface area (Å²) in [5.74, 6) is -0.131. The van der Waals surface area contributed by atoms with Crippen molar-refractivity contribution in [3.8, 4) is 0 Å². The molecule has 0 aromatic carbocycles. The second kappa shape index (κ2) is 6.08. The molecule has 2 unspecified atom stereocenters. The van der Waals surface area contributed by atoms with Gasteiger partial charge in [0.25, 0.3) is 0 Å². The number of hydrogen-bond acceptors (Lipinski definition) is 4. The van der Waals surface area contributed by atoms with Gasteiger partial charge in [0.15, 0.2) is 6.29 Å². The Hall–Kier alpha value is -0.610.